The molecule has 5 nitrogen and oxygen atoms in total. The van der Waals surface area contributed by atoms with E-state index in [1.54, 1.807) is 0 Å². The number of aliphatic hydroxyl groups is 1. The van der Waals surface area contributed by atoms with Gasteiger partial charge in [0.05, 0.1) is 13.2 Å². The van der Waals surface area contributed by atoms with Crippen LogP contribution < -0.4 is 14.8 Å². The van der Waals surface area contributed by atoms with Crippen LogP contribution in [0.25, 0.3) is 0 Å². The number of ether oxygens (including phenoxy) is 3. The molecule has 0 aliphatic heterocycles. The third-order valence-corrected chi connectivity index (χ3v) is 3.27. The highest BCUT2D eigenvalue weighted by Crippen LogP contribution is 2.28. The Kier molecular flexibility index (Phi) is 11.3. The smallest absolute Gasteiger partial charge is 0.161 e. The van der Waals surface area contributed by atoms with Gasteiger partial charge in [-0.2, -0.15) is 0 Å². The van der Waals surface area contributed by atoms with Crippen molar-refractivity contribution < 1.29 is 19.3 Å². The molecule has 0 aliphatic carbocycles. The molecule has 1 rings (SSSR count). The fourth-order valence-corrected chi connectivity index (χ4v) is 2.09. The van der Waals surface area contributed by atoms with Gasteiger partial charge in [-0.15, -0.1) is 0 Å². The summed E-state index contributed by atoms with van der Waals surface area (Å²) in [6.45, 7) is 8.36. The van der Waals surface area contributed by atoms with Crippen molar-refractivity contribution in [2.45, 2.75) is 39.7 Å². The van der Waals surface area contributed by atoms with E-state index in [9.17, 15) is 0 Å². The third-order valence-electron chi connectivity index (χ3n) is 3.27. The summed E-state index contributed by atoms with van der Waals surface area (Å²) in [5, 5.41) is 12.3. The average molecular weight is 325 g/mol. The number of hydrogen-bond donors (Lipinski definition) is 2. The Morgan fingerprint density at radius 3 is 2.57 bits per heavy atom. The Bertz CT molecular complexity index is 412. The van der Waals surface area contributed by atoms with E-state index in [0.717, 1.165) is 50.5 Å². The van der Waals surface area contributed by atoms with E-state index in [-0.39, 0.29) is 13.2 Å². The number of rotatable bonds is 14. The van der Waals surface area contributed by atoms with E-state index in [2.05, 4.69) is 12.2 Å². The Balaban J connectivity index is 2.31. The minimum absolute atomic E-state index is 0.00476. The second-order valence-electron chi connectivity index (χ2n) is 5.28. The van der Waals surface area contributed by atoms with Crippen LogP contribution >= 0.6 is 0 Å². The van der Waals surface area contributed by atoms with E-state index in [4.69, 9.17) is 19.3 Å². The van der Waals surface area contributed by atoms with Crippen LogP contribution in [0, 0.1) is 0 Å². The molecule has 0 aliphatic rings. The minimum atomic E-state index is -0.00476. The molecule has 0 heterocycles. The molecule has 0 radical (unpaired) electrons. The number of unbranched alkanes of at least 4 members (excludes halogenated alkanes) is 1. The number of hydrogen-bond acceptors (Lipinski definition) is 5. The highest BCUT2D eigenvalue weighted by molar-refractivity contribution is 5.43. The molecule has 132 valence electrons. The summed E-state index contributed by atoms with van der Waals surface area (Å²) in [6, 6.07) is 5.90. The first-order valence-electron chi connectivity index (χ1n) is 8.59. The van der Waals surface area contributed by atoms with Crippen LogP contribution in [0.4, 0.5) is 0 Å². The minimum Gasteiger partial charge on any atom is -0.490 e. The predicted molar refractivity (Wildman–Crippen MR) is 92.2 cm³/mol. The number of nitrogens with one attached hydrogen (secondary N) is 1. The van der Waals surface area contributed by atoms with E-state index in [0.29, 0.717) is 12.4 Å². The van der Waals surface area contributed by atoms with Gasteiger partial charge in [-0.1, -0.05) is 19.4 Å². The van der Waals surface area contributed by atoms with Gasteiger partial charge in [-0.25, -0.2) is 0 Å². The molecular formula is C18H31NO4. The van der Waals surface area contributed by atoms with Crippen molar-refractivity contribution in [2.24, 2.45) is 0 Å². The lowest BCUT2D eigenvalue weighted by molar-refractivity contribution is 0.129. The molecule has 0 bridgehead atoms. The lowest BCUT2D eigenvalue weighted by Gasteiger charge is -2.13. The van der Waals surface area contributed by atoms with Crippen molar-refractivity contribution in [3.8, 4) is 11.5 Å². The average Bonchev–Trinajstić information content (AvgIpc) is 2.57. The largest absolute Gasteiger partial charge is 0.490 e. The van der Waals surface area contributed by atoms with Crippen LogP contribution in [-0.2, 0) is 11.3 Å². The zero-order valence-electron chi connectivity index (χ0n) is 14.5. The van der Waals surface area contributed by atoms with Gasteiger partial charge >= 0.3 is 0 Å². The maximum Gasteiger partial charge on any atom is 0.161 e. The lowest BCUT2D eigenvalue weighted by Crippen LogP contribution is -2.16. The first-order valence-corrected chi connectivity index (χ1v) is 8.59. The van der Waals surface area contributed by atoms with Crippen LogP contribution in [0.5, 0.6) is 11.5 Å². The normalized spacial score (nSPS) is 10.7. The highest BCUT2D eigenvalue weighted by atomic mass is 16.5. The maximum absolute atomic E-state index is 8.85. The Morgan fingerprint density at radius 1 is 1.00 bits per heavy atom. The summed E-state index contributed by atoms with van der Waals surface area (Å²) in [7, 11) is 0. The van der Waals surface area contributed by atoms with Crippen molar-refractivity contribution in [1.82, 2.24) is 5.32 Å². The Morgan fingerprint density at radius 2 is 1.83 bits per heavy atom. The summed E-state index contributed by atoms with van der Waals surface area (Å²) in [5.41, 5.74) is 1.15. The van der Waals surface area contributed by atoms with Gasteiger partial charge in [-0.3, -0.25) is 0 Å². The van der Waals surface area contributed by atoms with Gasteiger partial charge in [0.1, 0.15) is 6.61 Å². The molecule has 5 heteroatoms. The topological polar surface area (TPSA) is 60.0 Å². The summed E-state index contributed by atoms with van der Waals surface area (Å²) < 4.78 is 16.6. The Labute approximate surface area is 139 Å². The third kappa shape index (κ3) is 8.79. The molecule has 23 heavy (non-hydrogen) atoms. The zero-order chi connectivity index (χ0) is 16.8. The van der Waals surface area contributed by atoms with Crippen molar-refractivity contribution in [1.29, 1.82) is 0 Å². The van der Waals surface area contributed by atoms with Crippen LogP contribution in [0.1, 0.15) is 38.7 Å². The summed E-state index contributed by atoms with van der Waals surface area (Å²) in [4.78, 5) is 0. The molecule has 0 fully saturated rings. The van der Waals surface area contributed by atoms with Crippen LogP contribution in [0.3, 0.4) is 0 Å². The van der Waals surface area contributed by atoms with Crippen molar-refractivity contribution in [3.05, 3.63) is 23.8 Å². The molecular weight excluding hydrogens is 294 g/mol. The summed E-state index contributed by atoms with van der Waals surface area (Å²) >= 11 is 0. The zero-order valence-corrected chi connectivity index (χ0v) is 14.5. The van der Waals surface area contributed by atoms with E-state index >= 15 is 0 Å². The molecule has 0 saturated heterocycles. The quantitative estimate of drug-likeness (QED) is 0.515. The van der Waals surface area contributed by atoms with Gasteiger partial charge in [0.2, 0.25) is 0 Å². The second kappa shape index (κ2) is 13.2. The fraction of sp³-hybridized carbons (Fsp3) is 0.667. The van der Waals surface area contributed by atoms with Gasteiger partial charge in [-0.05, 0) is 44.0 Å². The Hall–Kier alpha value is -1.30. The van der Waals surface area contributed by atoms with E-state index < -0.39 is 0 Å². The van der Waals surface area contributed by atoms with Gasteiger partial charge in [0.25, 0.3) is 0 Å². The predicted octanol–water partition coefficient (Wildman–Crippen LogP) is 2.75. The standard InChI is InChI=1S/C18H31NO4/c1-3-5-11-21-12-6-9-19-15-16-7-8-17(23-13-10-20)18(14-16)22-4-2/h7-8,14,19-20H,3-6,9-13,15H2,1-2H3. The molecule has 0 unspecified atom stereocenters. The highest BCUT2D eigenvalue weighted by Gasteiger charge is 2.06. The lowest BCUT2D eigenvalue weighted by atomic mass is 10.2. The summed E-state index contributed by atoms with van der Waals surface area (Å²) in [6.07, 6.45) is 3.33. The maximum atomic E-state index is 8.85. The van der Waals surface area contributed by atoms with E-state index in [1.165, 1.54) is 6.42 Å². The van der Waals surface area contributed by atoms with Crippen molar-refractivity contribution in [3.63, 3.8) is 0 Å². The molecule has 1 aromatic carbocycles. The van der Waals surface area contributed by atoms with Crippen molar-refractivity contribution >= 4 is 0 Å². The van der Waals surface area contributed by atoms with E-state index in [1.807, 2.05) is 25.1 Å². The summed E-state index contributed by atoms with van der Waals surface area (Å²) in [5.74, 6) is 1.40. The van der Waals surface area contributed by atoms with Gasteiger partial charge in [0, 0.05) is 19.8 Å². The molecule has 0 amide bonds. The molecule has 2 N–H and O–H groups in total. The van der Waals surface area contributed by atoms with Crippen LogP contribution in [-0.4, -0.2) is 44.7 Å². The first-order chi connectivity index (χ1) is 11.3. The van der Waals surface area contributed by atoms with Crippen LogP contribution in [0.2, 0.25) is 0 Å². The number of benzene rings is 1. The molecule has 0 spiro atoms. The molecule has 0 saturated carbocycles. The molecule has 0 atom stereocenters. The van der Waals surface area contributed by atoms with Gasteiger partial charge in [0.15, 0.2) is 11.5 Å². The number of aliphatic hydroxyl groups excluding tert-OH is 1. The van der Waals surface area contributed by atoms with Gasteiger partial charge < -0.3 is 24.6 Å². The first kappa shape index (κ1) is 19.7. The SMILES string of the molecule is CCCCOCCCNCc1ccc(OCCO)c(OCC)c1. The van der Waals surface area contributed by atoms with Crippen molar-refractivity contribution in [2.75, 3.05) is 39.6 Å². The molecule has 0 aromatic heterocycles. The second-order valence-corrected chi connectivity index (χ2v) is 5.28. The monoisotopic (exact) mass is 325 g/mol. The fourth-order valence-electron chi connectivity index (χ4n) is 2.09. The molecule has 1 aromatic rings. The van der Waals surface area contributed by atoms with Crippen LogP contribution in [0.15, 0.2) is 18.2 Å².